The molecule has 0 unspecified atom stereocenters. The van der Waals surface area contributed by atoms with Gasteiger partial charge < -0.3 is 4.90 Å². The Labute approximate surface area is 192 Å². The lowest BCUT2D eigenvalue weighted by molar-refractivity contribution is -0.120. The third-order valence-electron chi connectivity index (χ3n) is 6.56. The largest absolute Gasteiger partial charge is 0.336 e. The molecule has 0 bridgehead atoms. The Kier molecular flexibility index (Phi) is 4.40. The Morgan fingerprint density at radius 3 is 2.24 bits per heavy atom. The zero-order valence-electron chi connectivity index (χ0n) is 18.3. The summed E-state index contributed by atoms with van der Waals surface area (Å²) in [6.45, 7) is 2.69. The summed E-state index contributed by atoms with van der Waals surface area (Å²) in [4.78, 5) is 31.3. The minimum Gasteiger partial charge on any atom is -0.336 e. The van der Waals surface area contributed by atoms with Crippen LogP contribution in [0, 0.1) is 6.92 Å². The summed E-state index contributed by atoms with van der Waals surface area (Å²) in [6, 6.07) is 29.5. The van der Waals surface area contributed by atoms with E-state index in [1.54, 1.807) is 0 Å². The monoisotopic (exact) mass is 430 g/mol. The molecule has 4 nitrogen and oxygen atoms in total. The summed E-state index contributed by atoms with van der Waals surface area (Å²) in [6.07, 6.45) is 0.844. The van der Waals surface area contributed by atoms with Gasteiger partial charge in [0.15, 0.2) is 0 Å². The van der Waals surface area contributed by atoms with Gasteiger partial charge in [0, 0.05) is 17.6 Å². The fourth-order valence-corrected chi connectivity index (χ4v) is 4.94. The molecule has 0 fully saturated rings. The van der Waals surface area contributed by atoms with Crippen molar-refractivity contribution in [1.29, 1.82) is 0 Å². The Morgan fingerprint density at radius 2 is 1.39 bits per heavy atom. The van der Waals surface area contributed by atoms with E-state index in [-0.39, 0.29) is 11.8 Å². The number of fused-ring (bicyclic) bond motifs is 2. The van der Waals surface area contributed by atoms with Crippen molar-refractivity contribution in [3.8, 4) is 0 Å². The highest BCUT2D eigenvalue weighted by atomic mass is 16.2. The number of carbonyl (C=O) groups excluding carboxylic acids is 2. The predicted octanol–water partition coefficient (Wildman–Crippen LogP) is 5.50. The number of aryl methyl sites for hydroxylation is 1. The van der Waals surface area contributed by atoms with Crippen LogP contribution in [0.2, 0.25) is 0 Å². The van der Waals surface area contributed by atoms with E-state index in [2.05, 4.69) is 6.07 Å². The normalized spacial score (nSPS) is 15.7. The molecule has 0 radical (unpaired) electrons. The zero-order valence-corrected chi connectivity index (χ0v) is 18.3. The number of hydrogen-bond donors (Lipinski definition) is 0. The second-order valence-electron chi connectivity index (χ2n) is 8.56. The molecule has 0 spiro atoms. The van der Waals surface area contributed by atoms with E-state index in [4.69, 9.17) is 0 Å². The quantitative estimate of drug-likeness (QED) is 0.403. The van der Waals surface area contributed by atoms with Gasteiger partial charge in [0.2, 0.25) is 0 Å². The minimum atomic E-state index is -0.278. The molecule has 2 aliphatic rings. The van der Waals surface area contributed by atoms with Crippen LogP contribution in [-0.2, 0) is 16.0 Å². The van der Waals surface area contributed by atoms with E-state index in [0.717, 1.165) is 34.0 Å². The van der Waals surface area contributed by atoms with Gasteiger partial charge in [-0.15, -0.1) is 0 Å². The van der Waals surface area contributed by atoms with Gasteiger partial charge in [-0.25, -0.2) is 4.90 Å². The van der Waals surface area contributed by atoms with Gasteiger partial charge in [0.05, 0.1) is 11.3 Å². The van der Waals surface area contributed by atoms with Crippen LogP contribution in [-0.4, -0.2) is 18.4 Å². The van der Waals surface area contributed by atoms with Crippen LogP contribution in [0.1, 0.15) is 16.7 Å². The molecule has 0 saturated heterocycles. The molecule has 2 heterocycles. The van der Waals surface area contributed by atoms with E-state index in [0.29, 0.717) is 23.5 Å². The molecule has 0 aliphatic carbocycles. The van der Waals surface area contributed by atoms with Gasteiger partial charge in [-0.1, -0.05) is 84.4 Å². The maximum atomic E-state index is 14.0. The molecule has 0 N–H and O–H groups in total. The number of hydrogen-bond acceptors (Lipinski definition) is 3. The van der Waals surface area contributed by atoms with Crippen molar-refractivity contribution >= 4 is 39.5 Å². The van der Waals surface area contributed by atoms with Crippen LogP contribution in [0.15, 0.2) is 96.7 Å². The van der Waals surface area contributed by atoms with E-state index < -0.39 is 0 Å². The first kappa shape index (κ1) is 19.5. The lowest BCUT2D eigenvalue weighted by atomic mass is 10.0. The van der Waals surface area contributed by atoms with E-state index in [1.807, 2.05) is 96.8 Å². The summed E-state index contributed by atoms with van der Waals surface area (Å²) in [5.41, 5.74) is 5.60. The third kappa shape index (κ3) is 2.99. The number of benzene rings is 4. The molecule has 160 valence electrons. The maximum absolute atomic E-state index is 14.0. The van der Waals surface area contributed by atoms with Crippen molar-refractivity contribution in [3.05, 3.63) is 113 Å². The van der Waals surface area contributed by atoms with Gasteiger partial charge in [-0.05, 0) is 42.0 Å². The highest BCUT2D eigenvalue weighted by Crippen LogP contribution is 2.41. The highest BCUT2D eigenvalue weighted by Gasteiger charge is 2.44. The summed E-state index contributed by atoms with van der Waals surface area (Å²) in [7, 11) is 0. The summed E-state index contributed by atoms with van der Waals surface area (Å²) in [5.74, 6) is -0.553. The van der Waals surface area contributed by atoms with Crippen molar-refractivity contribution in [2.75, 3.05) is 16.3 Å². The number of amides is 2. The van der Waals surface area contributed by atoms with Gasteiger partial charge >= 0.3 is 0 Å². The van der Waals surface area contributed by atoms with Crippen molar-refractivity contribution in [2.24, 2.45) is 0 Å². The van der Waals surface area contributed by atoms with E-state index >= 15 is 0 Å². The fraction of sp³-hybridized carbons (Fsp3) is 0.103. The zero-order chi connectivity index (χ0) is 22.5. The molecule has 4 heteroatoms. The molecule has 2 amide bonds. The Balaban J connectivity index is 1.56. The number of anilines is 2. The van der Waals surface area contributed by atoms with Crippen LogP contribution < -0.4 is 9.80 Å². The van der Waals surface area contributed by atoms with E-state index in [9.17, 15) is 9.59 Å². The van der Waals surface area contributed by atoms with Crippen molar-refractivity contribution in [2.45, 2.75) is 13.3 Å². The second-order valence-corrected chi connectivity index (χ2v) is 8.56. The fourth-order valence-electron chi connectivity index (χ4n) is 4.94. The third-order valence-corrected chi connectivity index (χ3v) is 6.56. The summed E-state index contributed by atoms with van der Waals surface area (Å²) < 4.78 is 0. The average molecular weight is 431 g/mol. The number of rotatable bonds is 3. The van der Waals surface area contributed by atoms with Gasteiger partial charge in [0.1, 0.15) is 5.70 Å². The SMILES string of the molecule is Cc1ccc(C2=C(N3CCc4ccccc43)C(=O)N(c3cccc4ccccc34)C2=O)cc1. The molecule has 0 saturated carbocycles. The van der Waals surface area contributed by atoms with Crippen molar-refractivity contribution in [3.63, 3.8) is 0 Å². The standard InChI is InChI=1S/C29H22N2O2/c1-19-13-15-22(16-14-19)26-27(30-18-17-21-8-3-5-11-24(21)30)29(33)31(28(26)32)25-12-6-9-20-7-2-4-10-23(20)25/h2-16H,17-18H2,1H3. The molecule has 0 aromatic heterocycles. The minimum absolute atomic E-state index is 0.274. The number of imide groups is 1. The smallest absolute Gasteiger partial charge is 0.282 e. The Bertz CT molecular complexity index is 1460. The molecule has 0 atom stereocenters. The second kappa shape index (κ2) is 7.45. The van der Waals surface area contributed by atoms with Gasteiger partial charge in [0.25, 0.3) is 11.8 Å². The van der Waals surface area contributed by atoms with Crippen LogP contribution in [0.25, 0.3) is 16.3 Å². The molecule has 33 heavy (non-hydrogen) atoms. The number of para-hydroxylation sites is 1. The topological polar surface area (TPSA) is 40.6 Å². The van der Waals surface area contributed by atoms with E-state index in [1.165, 1.54) is 10.5 Å². The molecule has 2 aliphatic heterocycles. The molecule has 4 aromatic rings. The van der Waals surface area contributed by atoms with Crippen LogP contribution in [0.4, 0.5) is 11.4 Å². The average Bonchev–Trinajstić information content (AvgIpc) is 3.37. The number of carbonyl (C=O) groups is 2. The maximum Gasteiger partial charge on any atom is 0.282 e. The molecular weight excluding hydrogens is 408 g/mol. The first-order valence-electron chi connectivity index (χ1n) is 11.2. The lowest BCUT2D eigenvalue weighted by Crippen LogP contribution is -2.35. The predicted molar refractivity (Wildman–Crippen MR) is 132 cm³/mol. The van der Waals surface area contributed by atoms with Crippen molar-refractivity contribution < 1.29 is 9.59 Å². The molecular formula is C29H22N2O2. The van der Waals surface area contributed by atoms with Crippen LogP contribution >= 0.6 is 0 Å². The van der Waals surface area contributed by atoms with Crippen molar-refractivity contribution in [1.82, 2.24) is 0 Å². The molecule has 4 aromatic carbocycles. The van der Waals surface area contributed by atoms with Gasteiger partial charge in [-0.2, -0.15) is 0 Å². The number of nitrogens with zero attached hydrogens (tertiary/aromatic N) is 2. The van der Waals surface area contributed by atoms with Crippen LogP contribution in [0.3, 0.4) is 0 Å². The molecule has 6 rings (SSSR count). The first-order valence-corrected chi connectivity index (χ1v) is 11.2. The van der Waals surface area contributed by atoms with Crippen LogP contribution in [0.5, 0.6) is 0 Å². The highest BCUT2D eigenvalue weighted by molar-refractivity contribution is 6.47. The Morgan fingerprint density at radius 1 is 0.697 bits per heavy atom. The van der Waals surface area contributed by atoms with Gasteiger partial charge in [-0.3, -0.25) is 9.59 Å². The Hall–Kier alpha value is -4.18. The summed E-state index contributed by atoms with van der Waals surface area (Å²) >= 11 is 0. The summed E-state index contributed by atoms with van der Waals surface area (Å²) in [5, 5.41) is 1.88. The first-order chi connectivity index (χ1) is 16.1. The lowest BCUT2D eigenvalue weighted by Gasteiger charge is -2.22.